The number of aromatic hydroxyl groups is 1. The average molecular weight is 326 g/mol. The highest BCUT2D eigenvalue weighted by Crippen LogP contribution is 2.67. The molecular weight excluding hydrogens is 306 g/mol. The molecule has 0 aliphatic heterocycles. The van der Waals surface area contributed by atoms with E-state index in [1.165, 1.54) is 6.07 Å². The van der Waals surface area contributed by atoms with Crippen molar-refractivity contribution < 1.29 is 9.90 Å². The Balaban J connectivity index is 2.02. The number of carbonyl (C=O) groups excluding carboxylic acids is 1. The molecule has 2 rings (SSSR count). The summed E-state index contributed by atoms with van der Waals surface area (Å²) in [5, 5.41) is 12.6. The number of nitrogens with one attached hydrogen (secondary N) is 1. The van der Waals surface area contributed by atoms with E-state index in [2.05, 4.69) is 48.9 Å². The molecule has 1 aliphatic carbocycles. The van der Waals surface area contributed by atoms with E-state index in [0.29, 0.717) is 18.0 Å². The van der Waals surface area contributed by atoms with Crippen molar-refractivity contribution in [2.75, 3.05) is 6.54 Å². The summed E-state index contributed by atoms with van der Waals surface area (Å²) in [6.07, 6.45) is 0. The Morgan fingerprint density at radius 1 is 1.32 bits per heavy atom. The third-order valence-corrected chi connectivity index (χ3v) is 5.48. The summed E-state index contributed by atoms with van der Waals surface area (Å²) in [5.74, 6) is 0.255. The van der Waals surface area contributed by atoms with Gasteiger partial charge >= 0.3 is 0 Å². The maximum absolute atomic E-state index is 12.1. The highest BCUT2D eigenvalue weighted by molar-refractivity contribution is 9.10. The molecule has 0 bridgehead atoms. The lowest BCUT2D eigenvalue weighted by atomic mass is 10.0. The number of hydrogen-bond acceptors (Lipinski definition) is 2. The first-order chi connectivity index (χ1) is 8.68. The summed E-state index contributed by atoms with van der Waals surface area (Å²) in [6.45, 7) is 9.53. The molecule has 104 valence electrons. The fraction of sp³-hybridized carbons (Fsp3) is 0.533. The zero-order valence-corrected chi connectivity index (χ0v) is 13.3. The maximum Gasteiger partial charge on any atom is 0.255 e. The Bertz CT molecular complexity index is 509. The van der Waals surface area contributed by atoms with Crippen molar-refractivity contribution in [2.24, 2.45) is 16.7 Å². The molecular formula is C15H20BrNO2. The van der Waals surface area contributed by atoms with Crippen molar-refractivity contribution in [2.45, 2.75) is 27.7 Å². The summed E-state index contributed by atoms with van der Waals surface area (Å²) in [5.41, 5.74) is 0.810. The van der Waals surface area contributed by atoms with E-state index in [0.717, 1.165) is 4.47 Å². The lowest BCUT2D eigenvalue weighted by Gasteiger charge is -2.08. The van der Waals surface area contributed by atoms with Gasteiger partial charge in [-0.2, -0.15) is 0 Å². The largest absolute Gasteiger partial charge is 0.507 e. The number of phenols is 1. The first-order valence-corrected chi connectivity index (χ1v) is 7.24. The molecule has 3 nitrogen and oxygen atoms in total. The summed E-state index contributed by atoms with van der Waals surface area (Å²) < 4.78 is 0.780. The summed E-state index contributed by atoms with van der Waals surface area (Å²) in [6, 6.07) is 4.86. The van der Waals surface area contributed by atoms with Gasteiger partial charge in [0.1, 0.15) is 5.75 Å². The standard InChI is InChI=1S/C15H20BrNO2/c1-14(2)12(15(14,3)4)8-17-13(19)10-7-9(16)5-6-11(10)18/h5-7,12,18H,8H2,1-4H3,(H,17,19). The molecule has 0 aromatic heterocycles. The molecule has 0 saturated heterocycles. The molecule has 1 aromatic carbocycles. The molecule has 0 heterocycles. The first-order valence-electron chi connectivity index (χ1n) is 6.44. The molecule has 0 spiro atoms. The number of phenolic OH excluding ortho intramolecular Hbond substituents is 1. The van der Waals surface area contributed by atoms with Gasteiger partial charge < -0.3 is 10.4 Å². The zero-order chi connectivity index (χ0) is 14.4. The van der Waals surface area contributed by atoms with Crippen LogP contribution < -0.4 is 5.32 Å². The summed E-state index contributed by atoms with van der Waals surface area (Å²) in [4.78, 5) is 12.1. The number of carbonyl (C=O) groups is 1. The monoisotopic (exact) mass is 325 g/mol. The van der Waals surface area contributed by atoms with Crippen LogP contribution in [-0.4, -0.2) is 17.6 Å². The van der Waals surface area contributed by atoms with Crippen LogP contribution in [0.15, 0.2) is 22.7 Å². The minimum Gasteiger partial charge on any atom is -0.507 e. The van der Waals surface area contributed by atoms with Gasteiger partial charge in [-0.3, -0.25) is 4.79 Å². The Labute approximate surface area is 122 Å². The second-order valence-corrected chi connectivity index (χ2v) is 7.28. The van der Waals surface area contributed by atoms with Crippen molar-refractivity contribution >= 4 is 21.8 Å². The van der Waals surface area contributed by atoms with Gasteiger partial charge in [-0.05, 0) is 34.9 Å². The molecule has 19 heavy (non-hydrogen) atoms. The van der Waals surface area contributed by atoms with Crippen LogP contribution in [0.4, 0.5) is 0 Å². The van der Waals surface area contributed by atoms with Gasteiger partial charge in [-0.15, -0.1) is 0 Å². The van der Waals surface area contributed by atoms with Gasteiger partial charge in [-0.1, -0.05) is 43.6 Å². The third-order valence-electron chi connectivity index (χ3n) is 4.99. The van der Waals surface area contributed by atoms with Crippen molar-refractivity contribution in [1.29, 1.82) is 0 Å². The predicted molar refractivity (Wildman–Crippen MR) is 79.2 cm³/mol. The van der Waals surface area contributed by atoms with E-state index in [1.54, 1.807) is 12.1 Å². The highest BCUT2D eigenvalue weighted by atomic mass is 79.9. The minimum absolute atomic E-state index is 0.00928. The summed E-state index contributed by atoms with van der Waals surface area (Å²) in [7, 11) is 0. The molecule has 0 radical (unpaired) electrons. The van der Waals surface area contributed by atoms with Crippen LogP contribution >= 0.6 is 15.9 Å². The molecule has 1 aliphatic rings. The number of amides is 1. The number of rotatable bonds is 3. The molecule has 2 N–H and O–H groups in total. The van der Waals surface area contributed by atoms with Crippen LogP contribution in [0.25, 0.3) is 0 Å². The molecule has 1 fully saturated rings. The molecule has 1 saturated carbocycles. The number of benzene rings is 1. The van der Waals surface area contributed by atoms with Crippen molar-refractivity contribution in [3.63, 3.8) is 0 Å². The van der Waals surface area contributed by atoms with E-state index < -0.39 is 0 Å². The zero-order valence-electron chi connectivity index (χ0n) is 11.7. The van der Waals surface area contributed by atoms with Crippen molar-refractivity contribution in [3.8, 4) is 5.75 Å². The fourth-order valence-electron chi connectivity index (χ4n) is 2.82. The third kappa shape index (κ3) is 2.38. The predicted octanol–water partition coefficient (Wildman–Crippen LogP) is 3.57. The molecule has 0 unspecified atom stereocenters. The summed E-state index contributed by atoms with van der Waals surface area (Å²) >= 11 is 3.30. The molecule has 4 heteroatoms. The van der Waals surface area contributed by atoms with Gasteiger partial charge in [0.15, 0.2) is 0 Å². The normalized spacial score (nSPS) is 20.1. The van der Waals surface area contributed by atoms with E-state index in [-0.39, 0.29) is 22.5 Å². The Morgan fingerprint density at radius 3 is 2.42 bits per heavy atom. The van der Waals surface area contributed by atoms with Crippen LogP contribution in [0.1, 0.15) is 38.1 Å². The minimum atomic E-state index is -0.225. The number of halogens is 1. The lowest BCUT2D eigenvalue weighted by Crippen LogP contribution is -2.27. The SMILES string of the molecule is CC1(C)C(CNC(=O)c2cc(Br)ccc2O)C1(C)C. The second-order valence-electron chi connectivity index (χ2n) is 6.37. The van der Waals surface area contributed by atoms with E-state index in [1.807, 2.05) is 0 Å². The van der Waals surface area contributed by atoms with Gasteiger partial charge in [0.25, 0.3) is 5.91 Å². The first kappa shape index (κ1) is 14.4. The second kappa shape index (κ2) is 4.51. The Hall–Kier alpha value is -1.03. The Kier molecular flexibility index (Phi) is 3.42. The van der Waals surface area contributed by atoms with Crippen molar-refractivity contribution in [1.82, 2.24) is 5.32 Å². The molecule has 1 amide bonds. The van der Waals surface area contributed by atoms with Crippen molar-refractivity contribution in [3.05, 3.63) is 28.2 Å². The average Bonchev–Trinajstić information content (AvgIpc) is 2.70. The van der Waals surface area contributed by atoms with E-state index in [9.17, 15) is 9.90 Å². The smallest absolute Gasteiger partial charge is 0.255 e. The van der Waals surface area contributed by atoms with E-state index in [4.69, 9.17) is 0 Å². The highest BCUT2D eigenvalue weighted by Gasteiger charge is 2.64. The van der Waals surface area contributed by atoms with E-state index >= 15 is 0 Å². The van der Waals surface area contributed by atoms with Crippen LogP contribution in [0.2, 0.25) is 0 Å². The van der Waals surface area contributed by atoms with Crippen LogP contribution in [0.3, 0.4) is 0 Å². The lowest BCUT2D eigenvalue weighted by molar-refractivity contribution is 0.0947. The molecule has 0 atom stereocenters. The maximum atomic E-state index is 12.1. The van der Waals surface area contributed by atoms with Crippen LogP contribution in [0, 0.1) is 16.7 Å². The fourth-order valence-corrected chi connectivity index (χ4v) is 3.18. The quantitative estimate of drug-likeness (QED) is 0.892. The van der Waals surface area contributed by atoms with Crippen LogP contribution in [0.5, 0.6) is 5.75 Å². The van der Waals surface area contributed by atoms with Gasteiger partial charge in [0, 0.05) is 11.0 Å². The Morgan fingerprint density at radius 2 is 1.89 bits per heavy atom. The van der Waals surface area contributed by atoms with Gasteiger partial charge in [0.2, 0.25) is 0 Å². The number of hydrogen-bond donors (Lipinski definition) is 2. The van der Waals surface area contributed by atoms with Gasteiger partial charge in [0.05, 0.1) is 5.56 Å². The van der Waals surface area contributed by atoms with Crippen LogP contribution in [-0.2, 0) is 0 Å². The van der Waals surface area contributed by atoms with Gasteiger partial charge in [-0.25, -0.2) is 0 Å². The molecule has 1 aromatic rings. The topological polar surface area (TPSA) is 49.3 Å².